The molecule has 0 atom stereocenters. The molecule has 5 rings (SSSR count). The van der Waals surface area contributed by atoms with E-state index in [1.165, 1.54) is 22.7 Å². The van der Waals surface area contributed by atoms with Crippen molar-refractivity contribution in [1.82, 2.24) is 24.3 Å². The van der Waals surface area contributed by atoms with Gasteiger partial charge in [-0.2, -0.15) is 18.2 Å². The summed E-state index contributed by atoms with van der Waals surface area (Å²) in [6.45, 7) is -0.606. The number of benzene rings is 2. The van der Waals surface area contributed by atoms with Crippen molar-refractivity contribution in [3.05, 3.63) is 89.0 Å². The van der Waals surface area contributed by atoms with Gasteiger partial charge in [-0.25, -0.2) is 13.9 Å². The van der Waals surface area contributed by atoms with Gasteiger partial charge in [0.1, 0.15) is 6.54 Å². The normalized spacial score (nSPS) is 11.6. The molecule has 0 aliphatic rings. The number of aromatic nitrogens is 5. The minimum atomic E-state index is -4.65. The van der Waals surface area contributed by atoms with E-state index in [0.29, 0.717) is 11.4 Å². The Hall–Kier alpha value is -4.74. The van der Waals surface area contributed by atoms with Gasteiger partial charge in [-0.3, -0.25) is 4.79 Å². The lowest BCUT2D eigenvalue weighted by Gasteiger charge is -2.13. The fourth-order valence-electron chi connectivity index (χ4n) is 3.51. The number of hydrogen-bond acceptors (Lipinski definition) is 6. The molecule has 9 nitrogen and oxygen atoms in total. The molecule has 5 aromatic rings. The molecule has 0 saturated heterocycles. The van der Waals surface area contributed by atoms with E-state index < -0.39 is 35.6 Å². The van der Waals surface area contributed by atoms with Gasteiger partial charge in [0.25, 0.3) is 5.89 Å². The largest absolute Gasteiger partial charge is 0.418 e. The first-order valence-corrected chi connectivity index (χ1v) is 10.2. The molecule has 0 unspecified atom stereocenters. The molecule has 0 saturated carbocycles. The third-order valence-electron chi connectivity index (χ3n) is 5.10. The number of carbonyl (C=O) groups is 1. The summed E-state index contributed by atoms with van der Waals surface area (Å²) in [5.74, 6) is -0.403. The Kier molecular flexibility index (Phi) is 5.40. The van der Waals surface area contributed by atoms with Crippen molar-refractivity contribution in [2.75, 3.05) is 5.32 Å². The van der Waals surface area contributed by atoms with Crippen molar-refractivity contribution in [3.8, 4) is 22.8 Å². The van der Waals surface area contributed by atoms with Crippen LogP contribution >= 0.6 is 0 Å². The third-order valence-corrected chi connectivity index (χ3v) is 5.10. The zero-order valence-electron chi connectivity index (χ0n) is 17.7. The summed E-state index contributed by atoms with van der Waals surface area (Å²) < 4.78 is 47.0. The van der Waals surface area contributed by atoms with Crippen LogP contribution in [-0.4, -0.2) is 30.2 Å². The minimum absolute atomic E-state index is 0.107. The number of hydrogen-bond donors (Lipinski definition) is 1. The van der Waals surface area contributed by atoms with E-state index in [1.807, 2.05) is 30.3 Å². The Balaban J connectivity index is 1.44. The van der Waals surface area contributed by atoms with Gasteiger partial charge in [0, 0.05) is 11.8 Å². The Labute approximate surface area is 194 Å². The molecule has 0 fully saturated rings. The molecule has 0 spiro atoms. The van der Waals surface area contributed by atoms with Crippen LogP contribution in [0.15, 0.2) is 82.2 Å². The van der Waals surface area contributed by atoms with Crippen LogP contribution in [0.2, 0.25) is 0 Å². The Morgan fingerprint density at radius 1 is 1.00 bits per heavy atom. The molecule has 1 N–H and O–H groups in total. The lowest BCUT2D eigenvalue weighted by molar-refractivity contribution is -0.137. The summed E-state index contributed by atoms with van der Waals surface area (Å²) in [5.41, 5.74) is -0.854. The van der Waals surface area contributed by atoms with Crippen molar-refractivity contribution >= 4 is 17.2 Å². The maximum atomic E-state index is 13.2. The van der Waals surface area contributed by atoms with E-state index in [0.717, 1.165) is 22.4 Å². The molecular weight excluding hydrogens is 465 g/mol. The first-order valence-electron chi connectivity index (χ1n) is 10.2. The van der Waals surface area contributed by atoms with Gasteiger partial charge in [0.2, 0.25) is 11.7 Å². The van der Waals surface area contributed by atoms with Gasteiger partial charge in [-0.05, 0) is 24.3 Å². The van der Waals surface area contributed by atoms with Gasteiger partial charge < -0.3 is 9.84 Å². The Bertz CT molecular complexity index is 1590. The quantitative estimate of drug-likeness (QED) is 0.409. The lowest BCUT2D eigenvalue weighted by atomic mass is 10.1. The number of carbonyl (C=O) groups excluding carboxylic acids is 1. The fraction of sp³-hybridized carbons (Fsp3) is 0.0870. The van der Waals surface area contributed by atoms with E-state index in [4.69, 9.17) is 4.52 Å². The summed E-state index contributed by atoms with van der Waals surface area (Å²) in [5, 5.41) is 10.3. The molecule has 0 bridgehead atoms. The minimum Gasteiger partial charge on any atom is -0.333 e. The summed E-state index contributed by atoms with van der Waals surface area (Å²) in [7, 11) is 0. The second kappa shape index (κ2) is 8.56. The van der Waals surface area contributed by atoms with Crippen LogP contribution < -0.4 is 11.0 Å². The van der Waals surface area contributed by atoms with Crippen molar-refractivity contribution < 1.29 is 22.5 Å². The van der Waals surface area contributed by atoms with Gasteiger partial charge in [-0.1, -0.05) is 47.6 Å². The van der Waals surface area contributed by atoms with Crippen molar-refractivity contribution in [1.29, 1.82) is 0 Å². The smallest absolute Gasteiger partial charge is 0.333 e. The highest BCUT2D eigenvalue weighted by molar-refractivity contribution is 5.91. The zero-order valence-corrected chi connectivity index (χ0v) is 17.7. The number of para-hydroxylation sites is 1. The van der Waals surface area contributed by atoms with Crippen LogP contribution in [0.5, 0.6) is 0 Å². The SMILES string of the molecule is O=C(Cn1nc2c(-c3nc(-c4ccccc4)no3)cccn2c1=O)Nc1ccccc1C(F)(F)F. The zero-order chi connectivity index (χ0) is 24.6. The van der Waals surface area contributed by atoms with Crippen molar-refractivity contribution in [2.45, 2.75) is 12.7 Å². The molecule has 0 aliphatic carbocycles. The van der Waals surface area contributed by atoms with Crippen LogP contribution in [0, 0.1) is 0 Å². The monoisotopic (exact) mass is 480 g/mol. The number of anilines is 1. The van der Waals surface area contributed by atoms with Crippen LogP contribution in [0.25, 0.3) is 28.5 Å². The third kappa shape index (κ3) is 4.28. The number of rotatable bonds is 5. The predicted octanol–water partition coefficient (Wildman–Crippen LogP) is 3.87. The number of nitrogens with zero attached hydrogens (tertiary/aromatic N) is 5. The molecule has 12 heteroatoms. The number of halogens is 3. The second-order valence-electron chi connectivity index (χ2n) is 7.44. The average Bonchev–Trinajstić information content (AvgIpc) is 3.45. The van der Waals surface area contributed by atoms with Gasteiger partial charge >= 0.3 is 11.9 Å². The molecular formula is C23H15F3N6O3. The standard InChI is InChI=1S/C23H15F3N6O3/c24-23(25,26)16-10-4-5-11-17(16)27-18(33)13-32-22(34)31-12-6-9-15(20(31)29-32)21-28-19(30-35-21)14-7-2-1-3-8-14/h1-12H,13H2,(H,27,33). The summed E-state index contributed by atoms with van der Waals surface area (Å²) in [6, 6.07) is 16.9. The van der Waals surface area contributed by atoms with Gasteiger partial charge in [0.15, 0.2) is 5.65 Å². The van der Waals surface area contributed by atoms with E-state index in [1.54, 1.807) is 12.1 Å². The van der Waals surface area contributed by atoms with Crippen LogP contribution in [0.3, 0.4) is 0 Å². The van der Waals surface area contributed by atoms with Gasteiger partial charge in [0.05, 0.1) is 16.8 Å². The summed E-state index contributed by atoms with van der Waals surface area (Å²) in [4.78, 5) is 29.6. The highest BCUT2D eigenvalue weighted by Crippen LogP contribution is 2.34. The lowest BCUT2D eigenvalue weighted by Crippen LogP contribution is -2.28. The number of alkyl halides is 3. The van der Waals surface area contributed by atoms with E-state index >= 15 is 0 Å². The van der Waals surface area contributed by atoms with Crippen molar-refractivity contribution in [2.24, 2.45) is 0 Å². The highest BCUT2D eigenvalue weighted by Gasteiger charge is 2.33. The van der Waals surface area contributed by atoms with E-state index in [9.17, 15) is 22.8 Å². The molecule has 35 heavy (non-hydrogen) atoms. The van der Waals surface area contributed by atoms with Gasteiger partial charge in [-0.15, -0.1) is 5.10 Å². The maximum Gasteiger partial charge on any atom is 0.418 e. The van der Waals surface area contributed by atoms with Crippen LogP contribution in [-0.2, 0) is 17.5 Å². The molecule has 0 radical (unpaired) electrons. The average molecular weight is 480 g/mol. The predicted molar refractivity (Wildman–Crippen MR) is 118 cm³/mol. The number of amides is 1. The number of fused-ring (bicyclic) bond motifs is 1. The highest BCUT2D eigenvalue weighted by atomic mass is 19.4. The van der Waals surface area contributed by atoms with Crippen LogP contribution in [0.4, 0.5) is 18.9 Å². The second-order valence-corrected chi connectivity index (χ2v) is 7.44. The summed E-state index contributed by atoms with van der Waals surface area (Å²) >= 11 is 0. The molecule has 3 aromatic heterocycles. The molecule has 1 amide bonds. The topological polar surface area (TPSA) is 107 Å². The Morgan fingerprint density at radius 2 is 1.74 bits per heavy atom. The molecule has 176 valence electrons. The Morgan fingerprint density at radius 3 is 2.51 bits per heavy atom. The molecule has 3 heterocycles. The van der Waals surface area contributed by atoms with Crippen molar-refractivity contribution in [3.63, 3.8) is 0 Å². The van der Waals surface area contributed by atoms with E-state index in [2.05, 4.69) is 20.6 Å². The van der Waals surface area contributed by atoms with E-state index in [-0.39, 0.29) is 11.5 Å². The first kappa shape index (κ1) is 22.1. The maximum absolute atomic E-state index is 13.2. The van der Waals surface area contributed by atoms with Crippen LogP contribution in [0.1, 0.15) is 5.56 Å². The summed E-state index contributed by atoms with van der Waals surface area (Å²) in [6.07, 6.45) is -3.21. The fourth-order valence-corrected chi connectivity index (χ4v) is 3.51. The molecule has 2 aromatic carbocycles. The number of pyridine rings is 1. The molecule has 0 aliphatic heterocycles. The number of nitrogens with one attached hydrogen (secondary N) is 1. The first-order chi connectivity index (χ1) is 16.8.